The highest BCUT2D eigenvalue weighted by atomic mass is 79.9. The number of nitrogens with one attached hydrogen (secondary N) is 1. The molecule has 5 heteroatoms. The summed E-state index contributed by atoms with van der Waals surface area (Å²) >= 11 is 3.46. The van der Waals surface area contributed by atoms with Crippen LogP contribution in [-0.2, 0) is 10.3 Å². The average molecular weight is 342 g/mol. The van der Waals surface area contributed by atoms with Crippen LogP contribution in [-0.4, -0.2) is 18.8 Å². The molecule has 0 saturated heterocycles. The average Bonchev–Trinajstić information content (AvgIpc) is 3.07. The molecular formula is C15H20BrNO3. The molecule has 0 radical (unpaired) electrons. The predicted molar refractivity (Wildman–Crippen MR) is 81.0 cm³/mol. The number of rotatable bonds is 3. The Morgan fingerprint density at radius 1 is 1.35 bits per heavy atom. The Labute approximate surface area is 128 Å². The van der Waals surface area contributed by atoms with Crippen LogP contribution in [0.15, 0.2) is 22.7 Å². The zero-order chi connectivity index (χ0) is 15.0. The third-order valence-electron chi connectivity index (χ3n) is 3.17. The number of ether oxygens (including phenoxy) is 2. The Morgan fingerprint density at radius 3 is 2.50 bits per heavy atom. The normalized spacial score (nSPS) is 16.4. The van der Waals surface area contributed by atoms with Gasteiger partial charge in [-0.05, 0) is 51.8 Å². The monoisotopic (exact) mass is 341 g/mol. The van der Waals surface area contributed by atoms with Crippen LogP contribution in [0.4, 0.5) is 4.79 Å². The van der Waals surface area contributed by atoms with E-state index in [2.05, 4.69) is 21.2 Å². The zero-order valence-corrected chi connectivity index (χ0v) is 13.8. The molecule has 1 N–H and O–H groups in total. The minimum Gasteiger partial charge on any atom is -0.496 e. The largest absolute Gasteiger partial charge is 0.496 e. The van der Waals surface area contributed by atoms with Crippen molar-refractivity contribution in [2.45, 2.75) is 44.8 Å². The molecule has 1 aromatic carbocycles. The molecule has 0 aromatic heterocycles. The molecule has 4 nitrogen and oxygen atoms in total. The third-order valence-corrected chi connectivity index (χ3v) is 3.66. The Hall–Kier alpha value is -1.23. The van der Waals surface area contributed by atoms with Crippen molar-refractivity contribution in [1.29, 1.82) is 0 Å². The summed E-state index contributed by atoms with van der Waals surface area (Å²) in [5.74, 6) is 0.779. The van der Waals surface area contributed by atoms with Crippen LogP contribution < -0.4 is 10.1 Å². The minimum absolute atomic E-state index is 0.364. The van der Waals surface area contributed by atoms with Crippen LogP contribution in [0.5, 0.6) is 5.75 Å². The summed E-state index contributed by atoms with van der Waals surface area (Å²) in [7, 11) is 1.64. The number of benzene rings is 1. The first kappa shape index (κ1) is 15.2. The fraction of sp³-hybridized carbons (Fsp3) is 0.533. The van der Waals surface area contributed by atoms with E-state index >= 15 is 0 Å². The number of carbonyl (C=O) groups is 1. The van der Waals surface area contributed by atoms with Crippen LogP contribution >= 0.6 is 15.9 Å². The van der Waals surface area contributed by atoms with Crippen molar-refractivity contribution >= 4 is 22.0 Å². The summed E-state index contributed by atoms with van der Waals surface area (Å²) < 4.78 is 11.7. The lowest BCUT2D eigenvalue weighted by atomic mass is 10.0. The first-order chi connectivity index (χ1) is 9.26. The van der Waals surface area contributed by atoms with Crippen molar-refractivity contribution in [3.8, 4) is 5.75 Å². The Morgan fingerprint density at radius 2 is 2.00 bits per heavy atom. The van der Waals surface area contributed by atoms with Crippen LogP contribution in [0.2, 0.25) is 0 Å². The van der Waals surface area contributed by atoms with E-state index < -0.39 is 11.7 Å². The summed E-state index contributed by atoms with van der Waals surface area (Å²) in [4.78, 5) is 12.0. The molecule has 0 bridgehead atoms. The molecule has 0 aliphatic heterocycles. The van der Waals surface area contributed by atoms with E-state index in [0.29, 0.717) is 0 Å². The van der Waals surface area contributed by atoms with E-state index in [4.69, 9.17) is 9.47 Å². The van der Waals surface area contributed by atoms with E-state index in [0.717, 1.165) is 28.6 Å². The summed E-state index contributed by atoms with van der Waals surface area (Å²) in [6.45, 7) is 5.56. The third kappa shape index (κ3) is 3.45. The summed E-state index contributed by atoms with van der Waals surface area (Å²) in [6.07, 6.45) is 1.38. The van der Waals surface area contributed by atoms with E-state index in [1.165, 1.54) is 0 Å². The van der Waals surface area contributed by atoms with Crippen molar-refractivity contribution in [2.75, 3.05) is 7.11 Å². The second-order valence-electron chi connectivity index (χ2n) is 6.05. The van der Waals surface area contributed by atoms with Crippen molar-refractivity contribution in [3.05, 3.63) is 28.2 Å². The van der Waals surface area contributed by atoms with Gasteiger partial charge in [0, 0.05) is 10.0 Å². The lowest BCUT2D eigenvalue weighted by Crippen LogP contribution is -2.39. The van der Waals surface area contributed by atoms with E-state index in [1.54, 1.807) is 7.11 Å². The summed E-state index contributed by atoms with van der Waals surface area (Å²) in [6, 6.07) is 5.81. The topological polar surface area (TPSA) is 47.6 Å². The van der Waals surface area contributed by atoms with Gasteiger partial charge >= 0.3 is 6.09 Å². The molecule has 1 saturated carbocycles. The highest BCUT2D eigenvalue weighted by Crippen LogP contribution is 2.49. The maximum absolute atomic E-state index is 12.0. The molecule has 1 amide bonds. The molecule has 1 aromatic rings. The van der Waals surface area contributed by atoms with Crippen molar-refractivity contribution < 1.29 is 14.3 Å². The summed E-state index contributed by atoms with van der Waals surface area (Å²) in [5, 5.41) is 2.98. The fourth-order valence-corrected chi connectivity index (χ4v) is 2.50. The van der Waals surface area contributed by atoms with Crippen molar-refractivity contribution in [1.82, 2.24) is 5.32 Å². The van der Waals surface area contributed by atoms with Crippen LogP contribution in [0.3, 0.4) is 0 Å². The second kappa shape index (κ2) is 5.28. The number of hydrogen-bond acceptors (Lipinski definition) is 3. The molecule has 1 fully saturated rings. The smallest absolute Gasteiger partial charge is 0.408 e. The fourth-order valence-electron chi connectivity index (χ4n) is 2.14. The number of amides is 1. The Balaban J connectivity index is 2.19. The standard InChI is InChI=1S/C15H20BrNO3/c1-14(2,3)20-13(18)17-15(7-8-15)11-9-10(16)5-6-12(11)19-4/h5-6,9H,7-8H2,1-4H3,(H,17,18). The zero-order valence-electron chi connectivity index (χ0n) is 12.2. The lowest BCUT2D eigenvalue weighted by molar-refractivity contribution is 0.0494. The van der Waals surface area contributed by atoms with Gasteiger partial charge in [-0.2, -0.15) is 0 Å². The molecule has 0 spiro atoms. The summed E-state index contributed by atoms with van der Waals surface area (Å²) in [5.41, 5.74) is 0.124. The van der Waals surface area contributed by atoms with Crippen LogP contribution in [0.25, 0.3) is 0 Å². The number of carbonyl (C=O) groups excluding carboxylic acids is 1. The SMILES string of the molecule is COc1ccc(Br)cc1C1(NC(=O)OC(C)(C)C)CC1. The van der Waals surface area contributed by atoms with E-state index in [-0.39, 0.29) is 5.54 Å². The Kier molecular flexibility index (Phi) is 4.00. The number of methoxy groups -OCH3 is 1. The van der Waals surface area contributed by atoms with E-state index in [9.17, 15) is 4.79 Å². The maximum Gasteiger partial charge on any atom is 0.408 e. The van der Waals surface area contributed by atoms with Gasteiger partial charge in [-0.25, -0.2) is 4.79 Å². The second-order valence-corrected chi connectivity index (χ2v) is 6.97. The first-order valence-corrected chi connectivity index (χ1v) is 7.40. The molecule has 1 aliphatic carbocycles. The first-order valence-electron chi connectivity index (χ1n) is 6.61. The quantitative estimate of drug-likeness (QED) is 0.904. The molecule has 0 unspecified atom stereocenters. The van der Waals surface area contributed by atoms with Gasteiger partial charge in [0.1, 0.15) is 11.4 Å². The molecule has 0 heterocycles. The number of halogens is 1. The van der Waals surface area contributed by atoms with Gasteiger partial charge in [-0.15, -0.1) is 0 Å². The van der Waals surface area contributed by atoms with E-state index in [1.807, 2.05) is 39.0 Å². The van der Waals surface area contributed by atoms with Gasteiger partial charge in [0.2, 0.25) is 0 Å². The number of hydrogen-bond donors (Lipinski definition) is 1. The van der Waals surface area contributed by atoms with Gasteiger partial charge < -0.3 is 14.8 Å². The Bertz CT molecular complexity index is 518. The molecular weight excluding hydrogens is 322 g/mol. The van der Waals surface area contributed by atoms with Crippen LogP contribution in [0, 0.1) is 0 Å². The van der Waals surface area contributed by atoms with Crippen molar-refractivity contribution in [2.24, 2.45) is 0 Å². The molecule has 1 aliphatic rings. The minimum atomic E-state index is -0.498. The molecule has 20 heavy (non-hydrogen) atoms. The molecule has 110 valence electrons. The number of alkyl carbamates (subject to hydrolysis) is 1. The van der Waals surface area contributed by atoms with Gasteiger partial charge in [-0.1, -0.05) is 15.9 Å². The molecule has 2 rings (SSSR count). The lowest BCUT2D eigenvalue weighted by Gasteiger charge is -2.24. The highest BCUT2D eigenvalue weighted by molar-refractivity contribution is 9.10. The van der Waals surface area contributed by atoms with Gasteiger partial charge in [0.25, 0.3) is 0 Å². The van der Waals surface area contributed by atoms with Crippen molar-refractivity contribution in [3.63, 3.8) is 0 Å². The predicted octanol–water partition coefficient (Wildman–Crippen LogP) is 3.97. The van der Waals surface area contributed by atoms with Crippen LogP contribution in [0.1, 0.15) is 39.2 Å². The molecule has 0 atom stereocenters. The van der Waals surface area contributed by atoms with Gasteiger partial charge in [0.05, 0.1) is 12.6 Å². The van der Waals surface area contributed by atoms with Gasteiger partial charge in [-0.3, -0.25) is 0 Å². The highest BCUT2D eigenvalue weighted by Gasteiger charge is 2.48. The van der Waals surface area contributed by atoms with Gasteiger partial charge in [0.15, 0.2) is 0 Å². The maximum atomic E-state index is 12.0.